The van der Waals surface area contributed by atoms with E-state index in [4.69, 9.17) is 10.7 Å². The number of anilines is 1. The Kier molecular flexibility index (Phi) is 3.55. The van der Waals surface area contributed by atoms with Gasteiger partial charge in [-0.25, -0.2) is 0 Å². The third-order valence-electron chi connectivity index (χ3n) is 3.87. The predicted octanol–water partition coefficient (Wildman–Crippen LogP) is 4.02. The highest BCUT2D eigenvalue weighted by molar-refractivity contribution is 5.74. The number of hydrogen-bond acceptors (Lipinski definition) is 2. The molecule has 0 saturated carbocycles. The van der Waals surface area contributed by atoms with Crippen LogP contribution in [-0.2, 0) is 12.8 Å². The van der Waals surface area contributed by atoms with E-state index in [1.165, 1.54) is 35.2 Å². The molecule has 1 aromatic carbocycles. The molecular formula is C18H20N2. The molecule has 0 saturated heterocycles. The van der Waals surface area contributed by atoms with E-state index >= 15 is 0 Å². The topological polar surface area (TPSA) is 38.9 Å². The number of nitrogen functional groups attached to an aromatic ring is 1. The van der Waals surface area contributed by atoms with Gasteiger partial charge in [-0.3, -0.25) is 4.98 Å². The number of nitrogens with two attached hydrogens (primary N) is 1. The van der Waals surface area contributed by atoms with Gasteiger partial charge in [-0.1, -0.05) is 35.9 Å². The largest absolute Gasteiger partial charge is 0.397 e. The van der Waals surface area contributed by atoms with E-state index in [1.807, 2.05) is 6.08 Å². The van der Waals surface area contributed by atoms with E-state index in [0.29, 0.717) is 0 Å². The highest BCUT2D eigenvalue weighted by Crippen LogP contribution is 2.24. The molecule has 102 valence electrons. The molecule has 1 aromatic heterocycles. The lowest BCUT2D eigenvalue weighted by atomic mass is 9.95. The molecule has 1 aliphatic carbocycles. The summed E-state index contributed by atoms with van der Waals surface area (Å²) in [6.07, 6.45) is 8.80. The average Bonchev–Trinajstić information content (AvgIpc) is 2.47. The number of benzene rings is 1. The molecule has 1 heterocycles. The molecule has 0 aliphatic heterocycles. The van der Waals surface area contributed by atoms with Gasteiger partial charge in [0.1, 0.15) is 0 Å². The van der Waals surface area contributed by atoms with Crippen LogP contribution in [0.4, 0.5) is 5.69 Å². The molecule has 0 radical (unpaired) electrons. The maximum absolute atomic E-state index is 6.12. The van der Waals surface area contributed by atoms with E-state index in [2.05, 4.69) is 43.3 Å². The first kappa shape index (κ1) is 12.9. The van der Waals surface area contributed by atoms with Crippen LogP contribution in [-0.4, -0.2) is 4.98 Å². The molecule has 2 N–H and O–H groups in total. The summed E-state index contributed by atoms with van der Waals surface area (Å²) in [6, 6.07) is 10.6. The van der Waals surface area contributed by atoms with E-state index in [1.54, 1.807) is 0 Å². The van der Waals surface area contributed by atoms with Crippen LogP contribution in [0, 0.1) is 6.92 Å². The summed E-state index contributed by atoms with van der Waals surface area (Å²) < 4.78 is 0. The highest BCUT2D eigenvalue weighted by atomic mass is 14.8. The van der Waals surface area contributed by atoms with Gasteiger partial charge in [0.2, 0.25) is 0 Å². The first-order valence-electron chi connectivity index (χ1n) is 7.25. The van der Waals surface area contributed by atoms with Crippen LogP contribution >= 0.6 is 0 Å². The van der Waals surface area contributed by atoms with E-state index in [9.17, 15) is 0 Å². The van der Waals surface area contributed by atoms with Crippen molar-refractivity contribution >= 4 is 17.8 Å². The Labute approximate surface area is 120 Å². The highest BCUT2D eigenvalue weighted by Gasteiger charge is 2.12. The van der Waals surface area contributed by atoms with Crippen molar-refractivity contribution < 1.29 is 0 Å². The second kappa shape index (κ2) is 5.49. The lowest BCUT2D eigenvalue weighted by Gasteiger charge is -2.16. The summed E-state index contributed by atoms with van der Waals surface area (Å²) in [5.74, 6) is 0. The Morgan fingerprint density at radius 3 is 2.60 bits per heavy atom. The molecule has 1 aliphatic rings. The third-order valence-corrected chi connectivity index (χ3v) is 3.87. The van der Waals surface area contributed by atoms with Crippen molar-refractivity contribution in [2.24, 2.45) is 0 Å². The van der Waals surface area contributed by atoms with Crippen molar-refractivity contribution in [3.05, 3.63) is 58.4 Å². The summed E-state index contributed by atoms with van der Waals surface area (Å²) in [4.78, 5) is 4.73. The van der Waals surface area contributed by atoms with Crippen LogP contribution < -0.4 is 5.73 Å². The molecule has 0 spiro atoms. The number of nitrogens with zero attached hydrogens (tertiary/aromatic N) is 1. The van der Waals surface area contributed by atoms with Crippen LogP contribution in [0.15, 0.2) is 30.3 Å². The fourth-order valence-electron chi connectivity index (χ4n) is 2.65. The van der Waals surface area contributed by atoms with Crippen molar-refractivity contribution in [3.63, 3.8) is 0 Å². The van der Waals surface area contributed by atoms with Gasteiger partial charge in [0, 0.05) is 5.69 Å². The molecule has 0 bridgehead atoms. The van der Waals surface area contributed by atoms with Crippen LogP contribution in [0.25, 0.3) is 12.2 Å². The smallest absolute Gasteiger partial charge is 0.0862 e. The summed E-state index contributed by atoms with van der Waals surface area (Å²) in [5, 5.41) is 0. The normalized spacial score (nSPS) is 14.4. The fraction of sp³-hybridized carbons (Fsp3) is 0.278. The first-order valence-corrected chi connectivity index (χ1v) is 7.25. The van der Waals surface area contributed by atoms with Gasteiger partial charge in [0.25, 0.3) is 0 Å². The van der Waals surface area contributed by atoms with Gasteiger partial charge in [0.15, 0.2) is 0 Å². The van der Waals surface area contributed by atoms with Gasteiger partial charge < -0.3 is 5.73 Å². The molecule has 0 unspecified atom stereocenters. The monoisotopic (exact) mass is 264 g/mol. The Morgan fingerprint density at radius 2 is 1.80 bits per heavy atom. The predicted molar refractivity (Wildman–Crippen MR) is 85.4 cm³/mol. The number of rotatable bonds is 2. The molecule has 2 heteroatoms. The van der Waals surface area contributed by atoms with E-state index in [-0.39, 0.29) is 0 Å². The minimum absolute atomic E-state index is 0.786. The van der Waals surface area contributed by atoms with Crippen LogP contribution in [0.1, 0.15) is 40.9 Å². The molecule has 2 aromatic rings. The van der Waals surface area contributed by atoms with Gasteiger partial charge in [-0.05, 0) is 55.9 Å². The molecule has 0 amide bonds. The number of aromatic nitrogens is 1. The molecule has 2 nitrogen and oxygen atoms in total. The van der Waals surface area contributed by atoms with Gasteiger partial charge in [-0.15, -0.1) is 0 Å². The minimum Gasteiger partial charge on any atom is -0.397 e. The standard InChI is InChI=1S/C18H20N2/c1-13-6-8-14(9-7-13)10-11-18-16(19)12-15-4-2-3-5-17(15)20-18/h6-12H,2-5,19H2,1H3/b11-10+. The maximum atomic E-state index is 6.12. The van der Waals surface area contributed by atoms with Gasteiger partial charge in [-0.2, -0.15) is 0 Å². The summed E-state index contributed by atoms with van der Waals surface area (Å²) in [5.41, 5.74) is 12.8. The Morgan fingerprint density at radius 1 is 1.05 bits per heavy atom. The molecule has 0 atom stereocenters. The number of hydrogen-bond donors (Lipinski definition) is 1. The quantitative estimate of drug-likeness (QED) is 0.889. The fourth-order valence-corrected chi connectivity index (χ4v) is 2.65. The number of fused-ring (bicyclic) bond motifs is 1. The van der Waals surface area contributed by atoms with Crippen molar-refractivity contribution in [2.75, 3.05) is 5.73 Å². The van der Waals surface area contributed by atoms with E-state index < -0.39 is 0 Å². The molecular weight excluding hydrogens is 244 g/mol. The first-order chi connectivity index (χ1) is 9.72. The minimum atomic E-state index is 0.786. The second-order valence-electron chi connectivity index (χ2n) is 5.52. The second-order valence-corrected chi connectivity index (χ2v) is 5.52. The zero-order valence-electron chi connectivity index (χ0n) is 11.9. The lowest BCUT2D eigenvalue weighted by molar-refractivity contribution is 0.668. The zero-order valence-corrected chi connectivity index (χ0v) is 11.9. The maximum Gasteiger partial charge on any atom is 0.0862 e. The van der Waals surface area contributed by atoms with Crippen molar-refractivity contribution in [1.29, 1.82) is 0 Å². The summed E-state index contributed by atoms with van der Waals surface area (Å²) >= 11 is 0. The lowest BCUT2D eigenvalue weighted by Crippen LogP contribution is -2.08. The number of pyridine rings is 1. The van der Waals surface area contributed by atoms with Gasteiger partial charge >= 0.3 is 0 Å². The van der Waals surface area contributed by atoms with Crippen molar-refractivity contribution in [1.82, 2.24) is 4.98 Å². The van der Waals surface area contributed by atoms with Crippen LogP contribution in [0.2, 0.25) is 0 Å². The summed E-state index contributed by atoms with van der Waals surface area (Å²) in [6.45, 7) is 2.09. The molecule has 3 rings (SSSR count). The van der Waals surface area contributed by atoms with Gasteiger partial charge in [0.05, 0.1) is 11.4 Å². The van der Waals surface area contributed by atoms with Crippen LogP contribution in [0.3, 0.4) is 0 Å². The van der Waals surface area contributed by atoms with E-state index in [0.717, 1.165) is 24.2 Å². The molecule has 0 fully saturated rings. The Balaban J connectivity index is 1.88. The zero-order chi connectivity index (χ0) is 13.9. The Hall–Kier alpha value is -2.09. The third kappa shape index (κ3) is 2.74. The number of aryl methyl sites for hydroxylation is 3. The summed E-state index contributed by atoms with van der Waals surface area (Å²) in [7, 11) is 0. The average molecular weight is 264 g/mol. The van der Waals surface area contributed by atoms with Crippen molar-refractivity contribution in [2.45, 2.75) is 32.6 Å². The van der Waals surface area contributed by atoms with Crippen LogP contribution in [0.5, 0.6) is 0 Å². The van der Waals surface area contributed by atoms with Crippen molar-refractivity contribution in [3.8, 4) is 0 Å². The Bertz CT molecular complexity index is 639. The SMILES string of the molecule is Cc1ccc(/C=C/c2nc3c(cc2N)CCCC3)cc1. The molecule has 20 heavy (non-hydrogen) atoms.